The number of carbonyl (C=O) groups is 2. The lowest BCUT2D eigenvalue weighted by molar-refractivity contribution is 0.0277. The first kappa shape index (κ1) is 28.7. The maximum Gasteiger partial charge on any atom is 0.416 e. The Kier molecular flexibility index (Phi) is 8.90. The first-order chi connectivity index (χ1) is 17.9. The van der Waals surface area contributed by atoms with Gasteiger partial charge in [-0.1, -0.05) is 12.5 Å². The van der Waals surface area contributed by atoms with Crippen molar-refractivity contribution in [2.45, 2.75) is 123 Å². The molecule has 1 aliphatic carbocycles. The molecular formula is C30H48N4O4. The summed E-state index contributed by atoms with van der Waals surface area (Å²) in [6.45, 7) is 14.8. The number of pyridine rings is 1. The molecule has 1 aromatic heterocycles. The Morgan fingerprint density at radius 2 is 1.63 bits per heavy atom. The van der Waals surface area contributed by atoms with Gasteiger partial charge in [-0.2, -0.15) is 0 Å². The molecule has 0 aromatic carbocycles. The molecule has 1 saturated heterocycles. The summed E-state index contributed by atoms with van der Waals surface area (Å²) in [6.07, 6.45) is 9.25. The zero-order valence-corrected chi connectivity index (χ0v) is 24.4. The summed E-state index contributed by atoms with van der Waals surface area (Å²) in [7, 11) is 0. The summed E-state index contributed by atoms with van der Waals surface area (Å²) in [6, 6.07) is 5.38. The average molecular weight is 529 g/mol. The number of aromatic nitrogens is 1. The average Bonchev–Trinajstić information content (AvgIpc) is 3.53. The van der Waals surface area contributed by atoms with Gasteiger partial charge in [-0.05, 0) is 111 Å². The molecule has 3 heterocycles. The largest absolute Gasteiger partial charge is 0.444 e. The Morgan fingerprint density at radius 1 is 0.921 bits per heavy atom. The Morgan fingerprint density at radius 3 is 2.32 bits per heavy atom. The highest BCUT2D eigenvalue weighted by Gasteiger charge is 2.38. The SMILES string of the molecule is CC(C)(C)OC(=O)N1CC[C@@H](N(CCCCCc2ccc3c(n2)N(C(=O)OC(C)(C)C)CCC3)C2CC2)C1. The van der Waals surface area contributed by atoms with E-state index in [1.54, 1.807) is 4.90 Å². The number of carbonyl (C=O) groups excluding carboxylic acids is 2. The highest BCUT2D eigenvalue weighted by atomic mass is 16.6. The number of nitrogens with zero attached hydrogens (tertiary/aromatic N) is 4. The van der Waals surface area contributed by atoms with Crippen LogP contribution in [0.3, 0.4) is 0 Å². The molecule has 0 N–H and O–H groups in total. The molecular weight excluding hydrogens is 480 g/mol. The fourth-order valence-electron chi connectivity index (χ4n) is 5.46. The Labute approximate surface area is 229 Å². The van der Waals surface area contributed by atoms with E-state index >= 15 is 0 Å². The predicted octanol–water partition coefficient (Wildman–Crippen LogP) is 5.96. The maximum absolute atomic E-state index is 12.8. The third kappa shape index (κ3) is 8.08. The fourth-order valence-corrected chi connectivity index (χ4v) is 5.46. The van der Waals surface area contributed by atoms with Crippen LogP contribution >= 0.6 is 0 Å². The van der Waals surface area contributed by atoms with Crippen LogP contribution in [0, 0.1) is 0 Å². The second-order valence-electron chi connectivity index (χ2n) is 13.2. The van der Waals surface area contributed by atoms with Crippen LogP contribution in [0.2, 0.25) is 0 Å². The number of hydrogen-bond donors (Lipinski definition) is 0. The van der Waals surface area contributed by atoms with E-state index in [0.717, 1.165) is 81.7 Å². The number of amides is 2. The first-order valence-electron chi connectivity index (χ1n) is 14.6. The zero-order valence-electron chi connectivity index (χ0n) is 24.4. The van der Waals surface area contributed by atoms with Crippen LogP contribution in [-0.2, 0) is 22.3 Å². The summed E-state index contributed by atoms with van der Waals surface area (Å²) in [5.41, 5.74) is 1.20. The fraction of sp³-hybridized carbons (Fsp3) is 0.767. The van der Waals surface area contributed by atoms with E-state index in [4.69, 9.17) is 14.5 Å². The standard InChI is InChI=1S/C30H48N4O4/c1-29(2,3)37-27(35)32-20-17-25(21-32)33(24-15-16-24)18-9-7-8-12-23-14-13-22-11-10-19-34(26(22)31-23)28(36)38-30(4,5)6/h13-14,24-25H,7-12,15-21H2,1-6H3/t25-/m1/s1. The van der Waals surface area contributed by atoms with Gasteiger partial charge in [0.05, 0.1) is 0 Å². The van der Waals surface area contributed by atoms with E-state index in [1.165, 1.54) is 12.8 Å². The maximum atomic E-state index is 12.8. The van der Waals surface area contributed by atoms with Crippen molar-refractivity contribution in [2.75, 3.05) is 31.1 Å². The van der Waals surface area contributed by atoms with Crippen molar-refractivity contribution >= 4 is 18.0 Å². The summed E-state index contributed by atoms with van der Waals surface area (Å²) in [5.74, 6) is 0.777. The van der Waals surface area contributed by atoms with Crippen LogP contribution in [0.4, 0.5) is 15.4 Å². The highest BCUT2D eigenvalue weighted by Crippen LogP contribution is 2.32. The molecule has 0 bridgehead atoms. The first-order valence-corrected chi connectivity index (χ1v) is 14.6. The van der Waals surface area contributed by atoms with Crippen LogP contribution in [0.25, 0.3) is 0 Å². The Hall–Kier alpha value is -2.35. The van der Waals surface area contributed by atoms with Crippen molar-refractivity contribution < 1.29 is 19.1 Å². The van der Waals surface area contributed by atoms with Gasteiger partial charge in [0.25, 0.3) is 0 Å². The number of rotatable bonds is 8. The molecule has 8 heteroatoms. The molecule has 0 radical (unpaired) electrons. The van der Waals surface area contributed by atoms with E-state index in [-0.39, 0.29) is 12.2 Å². The molecule has 8 nitrogen and oxygen atoms in total. The smallest absolute Gasteiger partial charge is 0.416 e. The van der Waals surface area contributed by atoms with Crippen molar-refractivity contribution in [2.24, 2.45) is 0 Å². The minimum atomic E-state index is -0.521. The van der Waals surface area contributed by atoms with Crippen LogP contribution in [0.1, 0.15) is 97.7 Å². The van der Waals surface area contributed by atoms with Crippen molar-refractivity contribution in [3.8, 4) is 0 Å². The number of fused-ring (bicyclic) bond motifs is 1. The minimum absolute atomic E-state index is 0.182. The minimum Gasteiger partial charge on any atom is -0.444 e. The third-order valence-corrected chi connectivity index (χ3v) is 7.36. The molecule has 3 aliphatic rings. The second-order valence-corrected chi connectivity index (χ2v) is 13.2. The van der Waals surface area contributed by atoms with Gasteiger partial charge in [0.2, 0.25) is 0 Å². The lowest BCUT2D eigenvalue weighted by Crippen LogP contribution is -2.42. The summed E-state index contributed by atoms with van der Waals surface area (Å²) < 4.78 is 11.2. The number of hydrogen-bond acceptors (Lipinski definition) is 6. The molecule has 2 amide bonds. The summed E-state index contributed by atoms with van der Waals surface area (Å²) >= 11 is 0. The summed E-state index contributed by atoms with van der Waals surface area (Å²) in [5, 5.41) is 0. The van der Waals surface area contributed by atoms with Gasteiger partial charge in [0.1, 0.15) is 17.0 Å². The molecule has 2 fully saturated rings. The highest BCUT2D eigenvalue weighted by molar-refractivity contribution is 5.88. The zero-order chi connectivity index (χ0) is 27.5. The van der Waals surface area contributed by atoms with Crippen molar-refractivity contribution in [3.63, 3.8) is 0 Å². The van der Waals surface area contributed by atoms with Crippen molar-refractivity contribution in [1.82, 2.24) is 14.8 Å². The second kappa shape index (κ2) is 11.8. The Balaban J connectivity index is 1.24. The number of ether oxygens (including phenoxy) is 2. The van der Waals surface area contributed by atoms with Gasteiger partial charge in [0, 0.05) is 37.4 Å². The normalized spacial score (nSPS) is 20.0. The lowest BCUT2D eigenvalue weighted by atomic mass is 10.0. The van der Waals surface area contributed by atoms with Gasteiger partial charge >= 0.3 is 12.2 Å². The van der Waals surface area contributed by atoms with Gasteiger partial charge in [0.15, 0.2) is 0 Å². The van der Waals surface area contributed by atoms with Crippen molar-refractivity contribution in [3.05, 3.63) is 23.4 Å². The summed E-state index contributed by atoms with van der Waals surface area (Å²) in [4.78, 5) is 36.4. The van der Waals surface area contributed by atoms with Crippen molar-refractivity contribution in [1.29, 1.82) is 0 Å². The predicted molar refractivity (Wildman–Crippen MR) is 150 cm³/mol. The van der Waals surface area contributed by atoms with Gasteiger partial charge < -0.3 is 14.4 Å². The van der Waals surface area contributed by atoms with E-state index in [9.17, 15) is 9.59 Å². The van der Waals surface area contributed by atoms with Crippen LogP contribution in [-0.4, -0.2) is 76.4 Å². The lowest BCUT2D eigenvalue weighted by Gasteiger charge is -2.31. The van der Waals surface area contributed by atoms with Crippen LogP contribution < -0.4 is 4.90 Å². The van der Waals surface area contributed by atoms with E-state index in [2.05, 4.69) is 17.0 Å². The molecule has 4 rings (SSSR count). The third-order valence-electron chi connectivity index (χ3n) is 7.36. The number of unbranched alkanes of at least 4 members (excludes halogenated alkanes) is 2. The molecule has 2 aliphatic heterocycles. The van der Waals surface area contributed by atoms with Gasteiger partial charge in [-0.3, -0.25) is 9.80 Å². The molecule has 1 saturated carbocycles. The van der Waals surface area contributed by atoms with Crippen LogP contribution in [0.5, 0.6) is 0 Å². The number of likely N-dealkylation sites (tertiary alicyclic amines) is 1. The Bertz CT molecular complexity index is 979. The van der Waals surface area contributed by atoms with E-state index < -0.39 is 11.2 Å². The molecule has 38 heavy (non-hydrogen) atoms. The topological polar surface area (TPSA) is 75.2 Å². The van der Waals surface area contributed by atoms with Gasteiger partial charge in [-0.15, -0.1) is 0 Å². The molecule has 0 unspecified atom stereocenters. The monoisotopic (exact) mass is 528 g/mol. The van der Waals surface area contributed by atoms with Gasteiger partial charge in [-0.25, -0.2) is 14.6 Å². The molecule has 212 valence electrons. The van der Waals surface area contributed by atoms with E-state index in [1.807, 2.05) is 46.4 Å². The molecule has 1 atom stereocenters. The van der Waals surface area contributed by atoms with Crippen LogP contribution in [0.15, 0.2) is 12.1 Å². The number of anilines is 1. The number of aryl methyl sites for hydroxylation is 2. The van der Waals surface area contributed by atoms with E-state index in [0.29, 0.717) is 18.6 Å². The molecule has 0 spiro atoms. The molecule has 1 aromatic rings. The quantitative estimate of drug-likeness (QED) is 0.388.